The van der Waals surface area contributed by atoms with E-state index in [0.717, 1.165) is 48.6 Å². The first kappa shape index (κ1) is 22.8. The van der Waals surface area contributed by atoms with Gasteiger partial charge in [-0.05, 0) is 36.4 Å². The van der Waals surface area contributed by atoms with Gasteiger partial charge in [0.25, 0.3) is 0 Å². The minimum Gasteiger partial charge on any atom is -0.497 e. The van der Waals surface area contributed by atoms with Gasteiger partial charge >= 0.3 is 0 Å². The smallest absolute Gasteiger partial charge is 0.243 e. The van der Waals surface area contributed by atoms with Crippen LogP contribution in [-0.4, -0.2) is 80.5 Å². The molecular formula is C25H29N5O3S. The van der Waals surface area contributed by atoms with E-state index in [1.165, 1.54) is 0 Å². The monoisotopic (exact) mass is 479 g/mol. The van der Waals surface area contributed by atoms with Gasteiger partial charge in [-0.2, -0.15) is 4.31 Å². The molecule has 2 aliphatic rings. The number of piperazine rings is 1. The highest BCUT2D eigenvalue weighted by Crippen LogP contribution is 2.26. The highest BCUT2D eigenvalue weighted by atomic mass is 32.2. The van der Waals surface area contributed by atoms with Gasteiger partial charge in [-0.3, -0.25) is 0 Å². The van der Waals surface area contributed by atoms with E-state index < -0.39 is 10.0 Å². The third kappa shape index (κ3) is 4.64. The third-order valence-electron chi connectivity index (χ3n) is 6.43. The summed E-state index contributed by atoms with van der Waals surface area (Å²) in [6, 6.07) is 14.7. The Morgan fingerprint density at radius 2 is 1.62 bits per heavy atom. The van der Waals surface area contributed by atoms with Crippen molar-refractivity contribution in [1.29, 1.82) is 0 Å². The van der Waals surface area contributed by atoms with Crippen molar-refractivity contribution < 1.29 is 13.2 Å². The number of hydrogen-bond donors (Lipinski definition) is 0. The van der Waals surface area contributed by atoms with Crippen LogP contribution in [0.2, 0.25) is 0 Å². The van der Waals surface area contributed by atoms with E-state index in [4.69, 9.17) is 14.7 Å². The fourth-order valence-electron chi connectivity index (χ4n) is 4.46. The van der Waals surface area contributed by atoms with Crippen molar-refractivity contribution >= 4 is 26.7 Å². The molecule has 2 aliphatic heterocycles. The minimum atomic E-state index is -3.50. The summed E-state index contributed by atoms with van der Waals surface area (Å²) < 4.78 is 32.7. The predicted octanol–water partition coefficient (Wildman–Crippen LogP) is 2.56. The van der Waals surface area contributed by atoms with E-state index >= 15 is 0 Å². The Labute approximate surface area is 200 Å². The Balaban J connectivity index is 1.22. The van der Waals surface area contributed by atoms with Crippen LogP contribution in [0.15, 0.2) is 65.6 Å². The zero-order valence-corrected chi connectivity index (χ0v) is 20.1. The number of methoxy groups -OCH3 is 1. The maximum absolute atomic E-state index is 13.0. The maximum atomic E-state index is 13.0. The quantitative estimate of drug-likeness (QED) is 0.482. The molecule has 0 saturated carbocycles. The molecule has 5 rings (SSSR count). The summed E-state index contributed by atoms with van der Waals surface area (Å²) in [5.74, 6) is 2.46. The van der Waals surface area contributed by atoms with Crippen LogP contribution in [0.25, 0.3) is 10.9 Å². The van der Waals surface area contributed by atoms with E-state index in [2.05, 4.69) is 28.0 Å². The lowest BCUT2D eigenvalue weighted by molar-refractivity contribution is 0.189. The van der Waals surface area contributed by atoms with Crippen LogP contribution >= 0.6 is 0 Å². The molecule has 0 spiro atoms. The van der Waals surface area contributed by atoms with E-state index in [-0.39, 0.29) is 0 Å². The zero-order valence-electron chi connectivity index (χ0n) is 19.3. The van der Waals surface area contributed by atoms with Crippen LogP contribution in [0.4, 0.5) is 5.82 Å². The van der Waals surface area contributed by atoms with Gasteiger partial charge in [0.05, 0.1) is 17.5 Å². The summed E-state index contributed by atoms with van der Waals surface area (Å²) in [4.78, 5) is 14.6. The highest BCUT2D eigenvalue weighted by Gasteiger charge is 2.28. The van der Waals surface area contributed by atoms with Crippen molar-refractivity contribution in [2.24, 2.45) is 0 Å². The first-order chi connectivity index (χ1) is 16.5. The average molecular weight is 480 g/mol. The number of nitrogens with zero attached hydrogens (tertiary/aromatic N) is 5. The Kier molecular flexibility index (Phi) is 6.49. The van der Waals surface area contributed by atoms with E-state index in [1.807, 2.05) is 18.2 Å². The Bertz CT molecular complexity index is 1280. The molecule has 0 atom stereocenters. The highest BCUT2D eigenvalue weighted by molar-refractivity contribution is 7.89. The van der Waals surface area contributed by atoms with Crippen LogP contribution in [-0.2, 0) is 16.4 Å². The van der Waals surface area contributed by atoms with Gasteiger partial charge < -0.3 is 14.5 Å². The number of hydrogen-bond acceptors (Lipinski definition) is 7. The molecule has 0 N–H and O–H groups in total. The standard InChI is InChI=1S/C25H29N5O3S/c1-33-20-8-10-21(11-9-20)34(31,32)30-18-16-28(17-19-30)15-12-24-26-23-7-3-2-6-22(23)25(27-24)29-13-4-5-14-29/h2-11H,12-19H2,1H3. The summed E-state index contributed by atoms with van der Waals surface area (Å²) in [6.07, 6.45) is 5.05. The minimum absolute atomic E-state index is 0.301. The molecule has 1 fully saturated rings. The normalized spacial score (nSPS) is 17.5. The van der Waals surface area contributed by atoms with Crippen molar-refractivity contribution in [3.05, 3.63) is 66.5 Å². The second-order valence-corrected chi connectivity index (χ2v) is 10.5. The van der Waals surface area contributed by atoms with E-state index in [1.54, 1.807) is 35.7 Å². The van der Waals surface area contributed by atoms with Gasteiger partial charge in [-0.25, -0.2) is 18.4 Å². The van der Waals surface area contributed by atoms with Crippen molar-refractivity contribution in [3.8, 4) is 5.75 Å². The third-order valence-corrected chi connectivity index (χ3v) is 8.34. The first-order valence-electron chi connectivity index (χ1n) is 11.6. The summed E-state index contributed by atoms with van der Waals surface area (Å²) in [5, 5.41) is 1.08. The van der Waals surface area contributed by atoms with Crippen molar-refractivity contribution in [2.75, 3.05) is 57.8 Å². The molecule has 3 aromatic rings. The van der Waals surface area contributed by atoms with Crippen LogP contribution < -0.4 is 9.64 Å². The lowest BCUT2D eigenvalue weighted by Gasteiger charge is -2.33. The number of rotatable bonds is 7. The number of fused-ring (bicyclic) bond motifs is 1. The van der Waals surface area contributed by atoms with Crippen molar-refractivity contribution in [2.45, 2.75) is 11.3 Å². The lowest BCUT2D eigenvalue weighted by atomic mass is 10.2. The number of benzene rings is 2. The van der Waals surface area contributed by atoms with E-state index in [9.17, 15) is 8.42 Å². The molecule has 0 unspecified atom stereocenters. The molecule has 0 radical (unpaired) electrons. The molecule has 178 valence electrons. The molecule has 0 aliphatic carbocycles. The van der Waals surface area contributed by atoms with Crippen LogP contribution in [0.3, 0.4) is 0 Å². The van der Waals surface area contributed by atoms with Crippen LogP contribution in [0.5, 0.6) is 5.75 Å². The fraction of sp³-hybridized carbons (Fsp3) is 0.360. The molecular weight excluding hydrogens is 450 g/mol. The molecule has 34 heavy (non-hydrogen) atoms. The van der Waals surface area contributed by atoms with Gasteiger partial charge in [0.1, 0.15) is 17.4 Å². The molecule has 3 heterocycles. The summed E-state index contributed by atoms with van der Waals surface area (Å²) in [7, 11) is -1.94. The zero-order chi connectivity index (χ0) is 23.5. The van der Waals surface area contributed by atoms with Gasteiger partial charge in [-0.15, -0.1) is 0 Å². The SMILES string of the molecule is COc1ccc(S(=O)(=O)N2CCN(CCc3nc(N4CC=CC4)c4ccccc4n3)CC2)cc1. The number of para-hydroxylation sites is 1. The second-order valence-electron chi connectivity index (χ2n) is 8.53. The molecule has 9 heteroatoms. The Morgan fingerprint density at radius 3 is 2.32 bits per heavy atom. The summed E-state index contributed by atoms with van der Waals surface area (Å²) in [5.41, 5.74) is 0.963. The number of ether oxygens (including phenoxy) is 1. The van der Waals surface area contributed by atoms with Gasteiger partial charge in [0.15, 0.2) is 0 Å². The summed E-state index contributed by atoms with van der Waals surface area (Å²) >= 11 is 0. The van der Waals surface area contributed by atoms with Gasteiger partial charge in [-0.1, -0.05) is 24.3 Å². The largest absolute Gasteiger partial charge is 0.497 e. The Morgan fingerprint density at radius 1 is 0.912 bits per heavy atom. The topological polar surface area (TPSA) is 78.9 Å². The second kappa shape index (κ2) is 9.69. The molecule has 2 aromatic carbocycles. The average Bonchev–Trinajstić information content (AvgIpc) is 3.42. The molecule has 0 bridgehead atoms. The maximum Gasteiger partial charge on any atom is 0.243 e. The first-order valence-corrected chi connectivity index (χ1v) is 13.0. The van der Waals surface area contributed by atoms with Gasteiger partial charge in [0, 0.05) is 57.6 Å². The van der Waals surface area contributed by atoms with Crippen LogP contribution in [0.1, 0.15) is 5.82 Å². The lowest BCUT2D eigenvalue weighted by Crippen LogP contribution is -2.49. The van der Waals surface area contributed by atoms with Crippen molar-refractivity contribution in [1.82, 2.24) is 19.2 Å². The number of sulfonamides is 1. The molecule has 0 amide bonds. The fourth-order valence-corrected chi connectivity index (χ4v) is 5.88. The Hall–Kier alpha value is -3.01. The molecule has 8 nitrogen and oxygen atoms in total. The van der Waals surface area contributed by atoms with Crippen LogP contribution in [0, 0.1) is 0 Å². The molecule has 1 saturated heterocycles. The number of aromatic nitrogens is 2. The van der Waals surface area contributed by atoms with Gasteiger partial charge in [0.2, 0.25) is 10.0 Å². The number of anilines is 1. The summed E-state index contributed by atoms with van der Waals surface area (Å²) in [6.45, 7) is 4.84. The van der Waals surface area contributed by atoms with E-state index in [0.29, 0.717) is 36.8 Å². The van der Waals surface area contributed by atoms with Crippen molar-refractivity contribution in [3.63, 3.8) is 0 Å². The molecule has 1 aromatic heterocycles. The predicted molar refractivity (Wildman–Crippen MR) is 133 cm³/mol.